The number of hydrogen-bond acceptors (Lipinski definition) is 3. The van der Waals surface area contributed by atoms with Gasteiger partial charge in [-0.1, -0.05) is 54.1 Å². The lowest BCUT2D eigenvalue weighted by Gasteiger charge is -2.10. The molecule has 0 radical (unpaired) electrons. The molecule has 0 saturated carbocycles. The van der Waals surface area contributed by atoms with Crippen molar-refractivity contribution in [3.05, 3.63) is 90.0 Å². The number of amides is 2. The Bertz CT molecular complexity index is 938. The summed E-state index contributed by atoms with van der Waals surface area (Å²) < 4.78 is 5.47. The van der Waals surface area contributed by atoms with Crippen LogP contribution in [0.25, 0.3) is 0 Å². The number of anilines is 2. The maximum atomic E-state index is 12.2. The summed E-state index contributed by atoms with van der Waals surface area (Å²) in [6, 6.07) is 24.1. The minimum Gasteiger partial charge on any atom is -0.484 e. The average molecular weight is 374 g/mol. The second-order valence-corrected chi connectivity index (χ2v) is 6.44. The predicted octanol–water partition coefficient (Wildman–Crippen LogP) is 4.19. The van der Waals surface area contributed by atoms with Gasteiger partial charge in [0.15, 0.2) is 6.61 Å². The highest BCUT2D eigenvalue weighted by atomic mass is 16.5. The Balaban J connectivity index is 1.51. The lowest BCUT2D eigenvalue weighted by molar-refractivity contribution is -0.118. The Morgan fingerprint density at radius 2 is 1.43 bits per heavy atom. The molecule has 28 heavy (non-hydrogen) atoms. The maximum absolute atomic E-state index is 12.2. The zero-order valence-electron chi connectivity index (χ0n) is 15.6. The molecular formula is C23H22N2O3. The van der Waals surface area contributed by atoms with Crippen molar-refractivity contribution in [2.24, 2.45) is 0 Å². The first-order valence-electron chi connectivity index (χ1n) is 9.02. The minimum absolute atomic E-state index is 0.0896. The number of ether oxygens (including phenoxy) is 1. The van der Waals surface area contributed by atoms with Crippen LogP contribution >= 0.6 is 0 Å². The first-order valence-corrected chi connectivity index (χ1v) is 9.02. The van der Waals surface area contributed by atoms with Crippen LogP contribution in [0.1, 0.15) is 11.1 Å². The molecular weight excluding hydrogens is 352 g/mol. The standard InChI is InChI=1S/C23H22N2O3/c1-17-10-12-21(13-11-17)28-16-23(27)25-20-9-5-8-19(15-20)24-22(26)14-18-6-3-2-4-7-18/h2-13,15H,14,16H2,1H3,(H,24,26)(H,25,27). The van der Waals surface area contributed by atoms with Crippen molar-refractivity contribution in [2.45, 2.75) is 13.3 Å². The lowest BCUT2D eigenvalue weighted by Crippen LogP contribution is -2.20. The fourth-order valence-electron chi connectivity index (χ4n) is 2.64. The number of rotatable bonds is 7. The molecule has 0 aliphatic heterocycles. The van der Waals surface area contributed by atoms with Gasteiger partial charge in [-0.2, -0.15) is 0 Å². The molecule has 0 aliphatic rings. The summed E-state index contributed by atoms with van der Waals surface area (Å²) in [6.07, 6.45) is 0.293. The van der Waals surface area contributed by atoms with Gasteiger partial charge in [-0.25, -0.2) is 0 Å². The van der Waals surface area contributed by atoms with E-state index in [-0.39, 0.29) is 18.4 Å². The van der Waals surface area contributed by atoms with E-state index in [0.29, 0.717) is 23.5 Å². The fraction of sp³-hybridized carbons (Fsp3) is 0.130. The highest BCUT2D eigenvalue weighted by Gasteiger charge is 2.07. The van der Waals surface area contributed by atoms with Crippen molar-refractivity contribution in [2.75, 3.05) is 17.2 Å². The molecule has 5 nitrogen and oxygen atoms in total. The minimum atomic E-state index is -0.270. The van der Waals surface area contributed by atoms with E-state index in [1.165, 1.54) is 0 Å². The smallest absolute Gasteiger partial charge is 0.262 e. The van der Waals surface area contributed by atoms with Crippen LogP contribution in [0.3, 0.4) is 0 Å². The van der Waals surface area contributed by atoms with Crippen molar-refractivity contribution in [3.8, 4) is 5.75 Å². The Kier molecular flexibility index (Phi) is 6.41. The molecule has 0 bridgehead atoms. The van der Waals surface area contributed by atoms with Crippen LogP contribution in [0.15, 0.2) is 78.9 Å². The van der Waals surface area contributed by atoms with E-state index >= 15 is 0 Å². The summed E-state index contributed by atoms with van der Waals surface area (Å²) in [6.45, 7) is 1.90. The van der Waals surface area contributed by atoms with Crippen LogP contribution in [-0.2, 0) is 16.0 Å². The van der Waals surface area contributed by atoms with E-state index in [2.05, 4.69) is 10.6 Å². The first-order chi connectivity index (χ1) is 13.6. The van der Waals surface area contributed by atoms with Crippen molar-refractivity contribution < 1.29 is 14.3 Å². The second kappa shape index (κ2) is 9.37. The highest BCUT2D eigenvalue weighted by Crippen LogP contribution is 2.16. The summed E-state index contributed by atoms with van der Waals surface area (Å²) in [5.41, 5.74) is 3.29. The molecule has 3 aromatic carbocycles. The molecule has 0 fully saturated rings. The number of carbonyl (C=O) groups excluding carboxylic acids is 2. The first kappa shape index (κ1) is 19.2. The molecule has 0 saturated heterocycles. The van der Waals surface area contributed by atoms with E-state index in [1.54, 1.807) is 24.3 Å². The number of aryl methyl sites for hydroxylation is 1. The van der Waals surface area contributed by atoms with Crippen LogP contribution in [0.4, 0.5) is 11.4 Å². The molecule has 0 unspecified atom stereocenters. The molecule has 5 heteroatoms. The Hall–Kier alpha value is -3.60. The molecule has 0 spiro atoms. The molecule has 3 aromatic rings. The zero-order valence-corrected chi connectivity index (χ0v) is 15.6. The van der Waals surface area contributed by atoms with E-state index in [1.807, 2.05) is 61.5 Å². The summed E-state index contributed by atoms with van der Waals surface area (Å²) >= 11 is 0. The third-order valence-corrected chi connectivity index (χ3v) is 4.03. The summed E-state index contributed by atoms with van der Waals surface area (Å²) in [4.78, 5) is 24.3. The van der Waals surface area contributed by atoms with Gasteiger partial charge in [-0.05, 0) is 42.8 Å². The van der Waals surface area contributed by atoms with Gasteiger partial charge in [-0.15, -0.1) is 0 Å². The third kappa shape index (κ3) is 5.99. The highest BCUT2D eigenvalue weighted by molar-refractivity contribution is 5.95. The Morgan fingerprint density at radius 1 is 0.786 bits per heavy atom. The molecule has 0 heterocycles. The molecule has 142 valence electrons. The van der Waals surface area contributed by atoms with Gasteiger partial charge in [0.2, 0.25) is 5.91 Å². The number of hydrogen-bond donors (Lipinski definition) is 2. The molecule has 2 N–H and O–H groups in total. The number of benzene rings is 3. The van der Waals surface area contributed by atoms with Crippen LogP contribution in [-0.4, -0.2) is 18.4 Å². The molecule has 3 rings (SSSR count). The summed E-state index contributed by atoms with van der Waals surface area (Å²) in [7, 11) is 0. The van der Waals surface area contributed by atoms with E-state index in [9.17, 15) is 9.59 Å². The molecule has 0 atom stereocenters. The lowest BCUT2D eigenvalue weighted by atomic mass is 10.1. The Morgan fingerprint density at radius 3 is 2.11 bits per heavy atom. The van der Waals surface area contributed by atoms with Crippen LogP contribution in [0.2, 0.25) is 0 Å². The second-order valence-electron chi connectivity index (χ2n) is 6.44. The summed E-state index contributed by atoms with van der Waals surface area (Å²) in [5, 5.41) is 5.62. The fourth-order valence-corrected chi connectivity index (χ4v) is 2.64. The van der Waals surface area contributed by atoms with Crippen molar-refractivity contribution in [1.29, 1.82) is 0 Å². The summed E-state index contributed by atoms with van der Waals surface area (Å²) in [5.74, 6) is 0.258. The van der Waals surface area contributed by atoms with Gasteiger partial charge in [0.25, 0.3) is 5.91 Å². The Labute approximate surface area is 164 Å². The molecule has 2 amide bonds. The zero-order chi connectivity index (χ0) is 19.8. The van der Waals surface area contributed by atoms with Gasteiger partial charge < -0.3 is 15.4 Å². The van der Waals surface area contributed by atoms with Gasteiger partial charge in [0.1, 0.15) is 5.75 Å². The van der Waals surface area contributed by atoms with E-state index in [4.69, 9.17) is 4.74 Å². The van der Waals surface area contributed by atoms with Crippen LogP contribution < -0.4 is 15.4 Å². The number of carbonyl (C=O) groups is 2. The quantitative estimate of drug-likeness (QED) is 0.651. The largest absolute Gasteiger partial charge is 0.484 e. The van der Waals surface area contributed by atoms with Crippen molar-refractivity contribution >= 4 is 23.2 Å². The predicted molar refractivity (Wildman–Crippen MR) is 111 cm³/mol. The van der Waals surface area contributed by atoms with Crippen molar-refractivity contribution in [1.82, 2.24) is 0 Å². The van der Waals surface area contributed by atoms with Crippen LogP contribution in [0.5, 0.6) is 5.75 Å². The average Bonchev–Trinajstić information content (AvgIpc) is 2.68. The van der Waals surface area contributed by atoms with E-state index in [0.717, 1.165) is 11.1 Å². The van der Waals surface area contributed by atoms with Crippen LogP contribution in [0, 0.1) is 6.92 Å². The molecule has 0 aliphatic carbocycles. The SMILES string of the molecule is Cc1ccc(OCC(=O)Nc2cccc(NC(=O)Cc3ccccc3)c2)cc1. The normalized spacial score (nSPS) is 10.2. The van der Waals surface area contributed by atoms with Gasteiger partial charge in [0, 0.05) is 11.4 Å². The van der Waals surface area contributed by atoms with Crippen molar-refractivity contribution in [3.63, 3.8) is 0 Å². The maximum Gasteiger partial charge on any atom is 0.262 e. The monoisotopic (exact) mass is 374 g/mol. The van der Waals surface area contributed by atoms with Gasteiger partial charge in [0.05, 0.1) is 6.42 Å². The topological polar surface area (TPSA) is 67.4 Å². The number of nitrogens with one attached hydrogen (secondary N) is 2. The van der Waals surface area contributed by atoms with E-state index < -0.39 is 0 Å². The molecule has 0 aromatic heterocycles. The van der Waals surface area contributed by atoms with Gasteiger partial charge in [-0.3, -0.25) is 9.59 Å². The third-order valence-electron chi connectivity index (χ3n) is 4.03. The van der Waals surface area contributed by atoms with Gasteiger partial charge >= 0.3 is 0 Å².